The molecule has 104 valence electrons. The summed E-state index contributed by atoms with van der Waals surface area (Å²) in [7, 11) is 0. The van der Waals surface area contributed by atoms with Gasteiger partial charge in [0.05, 0.1) is 0 Å². The van der Waals surface area contributed by atoms with Gasteiger partial charge < -0.3 is 0 Å². The summed E-state index contributed by atoms with van der Waals surface area (Å²) < 4.78 is 17.7. The minimum absolute atomic E-state index is 0.260. The Hall–Kier alpha value is 0.789. The van der Waals surface area contributed by atoms with E-state index in [9.17, 15) is 0 Å². The maximum absolute atomic E-state index is 5.64. The van der Waals surface area contributed by atoms with Crippen molar-refractivity contribution in [2.75, 3.05) is 13.2 Å². The fraction of sp³-hybridized carbons (Fsp3) is 0.182. The van der Waals surface area contributed by atoms with E-state index in [0.717, 1.165) is 13.6 Å². The monoisotopic (exact) mass is 442 g/mol. The van der Waals surface area contributed by atoms with Crippen molar-refractivity contribution in [3.05, 3.63) is 32.3 Å². The SMILES string of the molecule is S=c1[se]c(=C2SC3=C(OCCO3)S2)sc1=C1SC=CS1. The van der Waals surface area contributed by atoms with E-state index in [1.807, 2.05) is 11.3 Å². The zero-order valence-corrected chi connectivity index (χ0v) is 16.4. The summed E-state index contributed by atoms with van der Waals surface area (Å²) in [5.74, 6) is 0. The van der Waals surface area contributed by atoms with E-state index < -0.39 is 0 Å². The molecule has 3 aliphatic rings. The van der Waals surface area contributed by atoms with Crippen molar-refractivity contribution < 1.29 is 9.47 Å². The Morgan fingerprint density at radius 2 is 1.65 bits per heavy atom. The van der Waals surface area contributed by atoms with Gasteiger partial charge >= 0.3 is 149 Å². The zero-order chi connectivity index (χ0) is 13.5. The standard InChI is InChI=1S/C11H6O2S6Se/c14-8-5(9-15-3-4-16-9)17-11(20-8)10-18-6-7(19-10)13-2-1-12-6/h3-4H,1-2H2. The molecule has 0 radical (unpaired) electrons. The molecule has 2 nitrogen and oxygen atoms in total. The fourth-order valence-electron chi connectivity index (χ4n) is 1.61. The van der Waals surface area contributed by atoms with Gasteiger partial charge in [0.25, 0.3) is 0 Å². The van der Waals surface area contributed by atoms with Gasteiger partial charge in [-0.05, 0) is 0 Å². The predicted octanol–water partition coefficient (Wildman–Crippen LogP) is 3.27. The molecule has 0 aliphatic carbocycles. The molecule has 0 spiro atoms. The molecule has 0 amide bonds. The second kappa shape index (κ2) is 6.12. The summed E-state index contributed by atoms with van der Waals surface area (Å²) in [4.78, 5) is 0. The molecule has 9 heteroatoms. The van der Waals surface area contributed by atoms with Crippen LogP contribution in [0.1, 0.15) is 0 Å². The van der Waals surface area contributed by atoms with Crippen LogP contribution in [-0.2, 0) is 9.47 Å². The number of rotatable bonds is 0. The Morgan fingerprint density at radius 3 is 2.30 bits per heavy atom. The van der Waals surface area contributed by atoms with E-state index in [0.29, 0.717) is 13.2 Å². The van der Waals surface area contributed by atoms with Crippen LogP contribution in [-0.4, -0.2) is 27.7 Å². The number of ether oxygens (including phenoxy) is 2. The van der Waals surface area contributed by atoms with Gasteiger partial charge in [-0.25, -0.2) is 0 Å². The zero-order valence-electron chi connectivity index (χ0n) is 9.74. The van der Waals surface area contributed by atoms with Crippen LogP contribution in [0.25, 0.3) is 8.47 Å². The van der Waals surface area contributed by atoms with Crippen molar-refractivity contribution in [2.45, 2.75) is 0 Å². The molecule has 3 aliphatic heterocycles. The number of thioether (sulfide) groups is 4. The van der Waals surface area contributed by atoms with Crippen LogP contribution < -0.4 is 7.94 Å². The molecular formula is C11H6O2S6Se. The molecule has 0 atom stereocenters. The van der Waals surface area contributed by atoms with E-state index in [4.69, 9.17) is 21.7 Å². The third-order valence-corrected chi connectivity index (χ3v) is 12.7. The van der Waals surface area contributed by atoms with E-state index in [-0.39, 0.29) is 14.5 Å². The normalized spacial score (nSPS) is 21.2. The number of hydrogen-bond donors (Lipinski definition) is 0. The van der Waals surface area contributed by atoms with Gasteiger partial charge in [0, 0.05) is 0 Å². The molecule has 20 heavy (non-hydrogen) atoms. The molecule has 0 aromatic carbocycles. The van der Waals surface area contributed by atoms with Gasteiger partial charge in [0.1, 0.15) is 0 Å². The van der Waals surface area contributed by atoms with Crippen LogP contribution in [0.4, 0.5) is 0 Å². The fourth-order valence-corrected chi connectivity index (χ4v) is 11.7. The molecule has 0 bridgehead atoms. The summed E-state index contributed by atoms with van der Waals surface area (Å²) in [6.07, 6.45) is 0. The molecule has 1 aromatic rings. The Labute approximate surface area is 147 Å². The Morgan fingerprint density at radius 1 is 1.00 bits per heavy atom. The van der Waals surface area contributed by atoms with Crippen LogP contribution in [0.2, 0.25) is 0 Å². The molecule has 0 saturated heterocycles. The first-order valence-corrected chi connectivity index (χ1v) is 11.9. The molecule has 0 saturated carbocycles. The average molecular weight is 442 g/mol. The first-order valence-electron chi connectivity index (χ1n) is 5.54. The van der Waals surface area contributed by atoms with Gasteiger partial charge in [-0.2, -0.15) is 0 Å². The van der Waals surface area contributed by atoms with Crippen molar-refractivity contribution in [2.24, 2.45) is 0 Å². The van der Waals surface area contributed by atoms with Crippen molar-refractivity contribution in [1.82, 2.24) is 0 Å². The second-order valence-electron chi connectivity index (χ2n) is 3.67. The van der Waals surface area contributed by atoms with E-state index in [1.54, 1.807) is 47.0 Å². The summed E-state index contributed by atoms with van der Waals surface area (Å²) in [5.41, 5.74) is 0. The third-order valence-electron chi connectivity index (χ3n) is 2.41. The summed E-state index contributed by atoms with van der Waals surface area (Å²) in [5, 5.41) is 6.10. The first-order chi connectivity index (χ1) is 9.81. The van der Waals surface area contributed by atoms with Crippen molar-refractivity contribution >= 4 is 93.6 Å². The van der Waals surface area contributed by atoms with Crippen LogP contribution in [0.15, 0.2) is 21.0 Å². The molecule has 0 unspecified atom stereocenters. The number of hydrogen-bond acceptors (Lipinski definition) is 8. The van der Waals surface area contributed by atoms with Crippen LogP contribution in [0.5, 0.6) is 0 Å². The Bertz CT molecular complexity index is 772. The van der Waals surface area contributed by atoms with Gasteiger partial charge in [0.15, 0.2) is 0 Å². The predicted molar refractivity (Wildman–Crippen MR) is 96.6 cm³/mol. The molecule has 0 N–H and O–H groups in total. The summed E-state index contributed by atoms with van der Waals surface area (Å²) >= 11 is 14.6. The van der Waals surface area contributed by atoms with Crippen LogP contribution >= 0.6 is 70.6 Å². The third kappa shape index (κ3) is 2.72. The van der Waals surface area contributed by atoms with Gasteiger partial charge in [-0.1, -0.05) is 0 Å². The molecular weight excluding hydrogens is 435 g/mol. The van der Waals surface area contributed by atoms with Crippen LogP contribution in [0, 0.1) is 3.38 Å². The molecule has 4 rings (SSSR count). The molecule has 0 fully saturated rings. The molecule has 4 heterocycles. The van der Waals surface area contributed by atoms with E-state index >= 15 is 0 Å². The van der Waals surface area contributed by atoms with Crippen LogP contribution in [0.3, 0.4) is 0 Å². The van der Waals surface area contributed by atoms with E-state index in [2.05, 4.69) is 10.8 Å². The minimum atomic E-state index is 0.260. The Kier molecular flexibility index (Phi) is 4.40. The summed E-state index contributed by atoms with van der Waals surface area (Å²) in [6, 6.07) is 0. The van der Waals surface area contributed by atoms with Gasteiger partial charge in [0.2, 0.25) is 0 Å². The Balaban J connectivity index is 1.78. The average Bonchev–Trinajstić information content (AvgIpc) is 3.16. The topological polar surface area (TPSA) is 18.5 Å². The second-order valence-corrected chi connectivity index (χ2v) is 12.7. The van der Waals surface area contributed by atoms with E-state index in [1.165, 1.54) is 16.4 Å². The van der Waals surface area contributed by atoms with Crippen molar-refractivity contribution in [1.29, 1.82) is 0 Å². The van der Waals surface area contributed by atoms with Crippen molar-refractivity contribution in [3.63, 3.8) is 0 Å². The summed E-state index contributed by atoms with van der Waals surface area (Å²) in [6.45, 7) is 1.31. The van der Waals surface area contributed by atoms with Gasteiger partial charge in [-0.3, -0.25) is 0 Å². The van der Waals surface area contributed by atoms with Crippen molar-refractivity contribution in [3.8, 4) is 0 Å². The maximum atomic E-state index is 5.64. The first kappa shape index (κ1) is 14.4. The molecule has 1 aromatic heterocycles. The quantitative estimate of drug-likeness (QED) is 0.449. The van der Waals surface area contributed by atoms with Gasteiger partial charge in [-0.15, -0.1) is 0 Å².